The molecule has 1 aliphatic rings. The molecule has 1 atom stereocenters. The van der Waals surface area contributed by atoms with Crippen molar-refractivity contribution in [1.29, 1.82) is 0 Å². The summed E-state index contributed by atoms with van der Waals surface area (Å²) in [6.07, 6.45) is -2.31. The van der Waals surface area contributed by atoms with Crippen LogP contribution in [0.15, 0.2) is 0 Å². The van der Waals surface area contributed by atoms with E-state index in [1.165, 1.54) is 6.92 Å². The van der Waals surface area contributed by atoms with Crippen molar-refractivity contribution in [2.75, 3.05) is 13.1 Å². The van der Waals surface area contributed by atoms with Crippen LogP contribution in [0.5, 0.6) is 0 Å². The summed E-state index contributed by atoms with van der Waals surface area (Å²) >= 11 is 0. The van der Waals surface area contributed by atoms with Crippen LogP contribution in [0.1, 0.15) is 45.4 Å². The number of carboxylic acid groups (broad SMARTS) is 1. The van der Waals surface area contributed by atoms with Gasteiger partial charge in [0.2, 0.25) is 0 Å². The third-order valence-electron chi connectivity index (χ3n) is 3.64. The summed E-state index contributed by atoms with van der Waals surface area (Å²) in [5.41, 5.74) is -1.16. The van der Waals surface area contributed by atoms with E-state index in [4.69, 9.17) is 0 Å². The number of piperidine rings is 1. The molecule has 3 nitrogen and oxygen atoms in total. The van der Waals surface area contributed by atoms with Crippen LogP contribution in [0.3, 0.4) is 0 Å². The highest BCUT2D eigenvalue weighted by atomic mass is 19.4. The number of carboxylic acids is 1. The first-order chi connectivity index (χ1) is 8.26. The third kappa shape index (κ3) is 4.15. The summed E-state index contributed by atoms with van der Waals surface area (Å²) in [7, 11) is 0. The Bertz CT molecular complexity index is 288. The highest BCUT2D eigenvalue weighted by Gasteiger charge is 2.40. The second-order valence-corrected chi connectivity index (χ2v) is 5.10. The molecule has 0 bridgehead atoms. The lowest BCUT2D eigenvalue weighted by Gasteiger charge is -2.40. The number of likely N-dealkylation sites (tertiary alicyclic amines) is 1. The van der Waals surface area contributed by atoms with Crippen molar-refractivity contribution in [2.24, 2.45) is 0 Å². The van der Waals surface area contributed by atoms with Gasteiger partial charge in [0, 0.05) is 6.42 Å². The van der Waals surface area contributed by atoms with Gasteiger partial charge in [0.25, 0.3) is 0 Å². The lowest BCUT2D eigenvalue weighted by Crippen LogP contribution is -2.54. The molecule has 0 spiro atoms. The van der Waals surface area contributed by atoms with Crippen molar-refractivity contribution >= 4 is 5.97 Å². The van der Waals surface area contributed by atoms with Gasteiger partial charge in [-0.1, -0.05) is 6.42 Å². The van der Waals surface area contributed by atoms with Gasteiger partial charge < -0.3 is 5.11 Å². The van der Waals surface area contributed by atoms with Gasteiger partial charge in [0.15, 0.2) is 0 Å². The minimum atomic E-state index is -4.21. The standard InChI is InChI=1S/C12H20F3NO2/c1-11(10(17)18,6-5-7-12(13,14)15)16-8-3-2-4-9-16/h2-9H2,1H3,(H,17,18). The topological polar surface area (TPSA) is 40.5 Å². The van der Waals surface area contributed by atoms with Gasteiger partial charge in [-0.15, -0.1) is 0 Å². The van der Waals surface area contributed by atoms with Gasteiger partial charge in [0.05, 0.1) is 0 Å². The normalized spacial score (nSPS) is 21.6. The van der Waals surface area contributed by atoms with Crippen LogP contribution in [0.4, 0.5) is 13.2 Å². The predicted molar refractivity (Wildman–Crippen MR) is 61.4 cm³/mol. The summed E-state index contributed by atoms with van der Waals surface area (Å²) in [6.45, 7) is 2.86. The highest BCUT2D eigenvalue weighted by Crippen LogP contribution is 2.29. The maximum absolute atomic E-state index is 12.1. The molecule has 18 heavy (non-hydrogen) atoms. The molecule has 0 amide bonds. The first kappa shape index (κ1) is 15.3. The average molecular weight is 267 g/mol. The zero-order valence-corrected chi connectivity index (χ0v) is 10.6. The number of carbonyl (C=O) groups is 1. The molecule has 0 radical (unpaired) electrons. The fraction of sp³-hybridized carbons (Fsp3) is 0.917. The number of aliphatic carboxylic acids is 1. The molecule has 1 aliphatic heterocycles. The Morgan fingerprint density at radius 3 is 2.17 bits per heavy atom. The Labute approximate surface area is 105 Å². The molecule has 1 heterocycles. The van der Waals surface area contributed by atoms with Gasteiger partial charge >= 0.3 is 12.1 Å². The highest BCUT2D eigenvalue weighted by molar-refractivity contribution is 5.78. The van der Waals surface area contributed by atoms with Crippen LogP contribution in [0.25, 0.3) is 0 Å². The zero-order chi connectivity index (χ0) is 13.8. The summed E-state index contributed by atoms with van der Waals surface area (Å²) in [5.74, 6) is -1.02. The SMILES string of the molecule is CC(CCCC(F)(F)F)(C(=O)O)N1CCCCC1. The Balaban J connectivity index is 2.59. The molecule has 1 saturated heterocycles. The van der Waals surface area contributed by atoms with Crippen LogP contribution in [0, 0.1) is 0 Å². The first-order valence-corrected chi connectivity index (χ1v) is 6.31. The van der Waals surface area contributed by atoms with E-state index in [1.807, 2.05) is 4.90 Å². The average Bonchev–Trinajstić information content (AvgIpc) is 2.28. The lowest BCUT2D eigenvalue weighted by molar-refractivity contribution is -0.155. The first-order valence-electron chi connectivity index (χ1n) is 6.31. The van der Waals surface area contributed by atoms with E-state index >= 15 is 0 Å². The summed E-state index contributed by atoms with van der Waals surface area (Å²) < 4.78 is 36.3. The van der Waals surface area contributed by atoms with Crippen molar-refractivity contribution in [3.63, 3.8) is 0 Å². The Hall–Kier alpha value is -0.780. The number of rotatable bonds is 5. The third-order valence-corrected chi connectivity index (χ3v) is 3.64. The molecule has 6 heteroatoms. The molecule has 0 aliphatic carbocycles. The molecule has 0 aromatic rings. The predicted octanol–water partition coefficient (Wildman–Crippen LogP) is 3.05. The largest absolute Gasteiger partial charge is 0.480 e. The molecule has 1 unspecified atom stereocenters. The van der Waals surface area contributed by atoms with E-state index in [1.54, 1.807) is 0 Å². The zero-order valence-electron chi connectivity index (χ0n) is 10.6. The van der Waals surface area contributed by atoms with E-state index in [9.17, 15) is 23.1 Å². The van der Waals surface area contributed by atoms with Crippen molar-refractivity contribution in [3.05, 3.63) is 0 Å². The smallest absolute Gasteiger partial charge is 0.389 e. The van der Waals surface area contributed by atoms with E-state index in [2.05, 4.69) is 0 Å². The number of hydrogen-bond donors (Lipinski definition) is 1. The van der Waals surface area contributed by atoms with Crippen molar-refractivity contribution in [1.82, 2.24) is 4.90 Å². The van der Waals surface area contributed by atoms with Crippen molar-refractivity contribution < 1.29 is 23.1 Å². The summed E-state index contributed by atoms with van der Waals surface area (Å²) in [6, 6.07) is 0. The maximum atomic E-state index is 12.1. The van der Waals surface area contributed by atoms with Crippen LogP contribution in [-0.2, 0) is 4.79 Å². The van der Waals surface area contributed by atoms with Crippen molar-refractivity contribution in [3.8, 4) is 0 Å². The fourth-order valence-electron chi connectivity index (χ4n) is 2.42. The number of hydrogen-bond acceptors (Lipinski definition) is 2. The second-order valence-electron chi connectivity index (χ2n) is 5.10. The molecule has 0 aromatic heterocycles. The monoisotopic (exact) mass is 267 g/mol. The van der Waals surface area contributed by atoms with Crippen LogP contribution >= 0.6 is 0 Å². The van der Waals surface area contributed by atoms with E-state index in [0.717, 1.165) is 19.3 Å². The Kier molecular flexibility index (Phi) is 5.01. The van der Waals surface area contributed by atoms with Gasteiger partial charge in [-0.25, -0.2) is 0 Å². The summed E-state index contributed by atoms with van der Waals surface area (Å²) in [5, 5.41) is 9.29. The quantitative estimate of drug-likeness (QED) is 0.832. The molecular formula is C12H20F3NO2. The van der Waals surface area contributed by atoms with Gasteiger partial charge in [-0.2, -0.15) is 13.2 Å². The Morgan fingerprint density at radius 1 is 1.17 bits per heavy atom. The number of halogens is 3. The molecule has 0 saturated carbocycles. The summed E-state index contributed by atoms with van der Waals surface area (Å²) in [4.78, 5) is 13.2. The van der Waals surface area contributed by atoms with Crippen LogP contribution < -0.4 is 0 Å². The van der Waals surface area contributed by atoms with Crippen LogP contribution in [0.2, 0.25) is 0 Å². The van der Waals surface area contributed by atoms with Crippen molar-refractivity contribution in [2.45, 2.75) is 57.2 Å². The number of nitrogens with zero attached hydrogens (tertiary/aromatic N) is 1. The fourth-order valence-corrected chi connectivity index (χ4v) is 2.42. The molecule has 1 fully saturated rings. The van der Waals surface area contributed by atoms with E-state index in [0.29, 0.717) is 13.1 Å². The van der Waals surface area contributed by atoms with Gasteiger partial charge in [-0.3, -0.25) is 9.69 Å². The maximum Gasteiger partial charge on any atom is 0.389 e. The molecule has 1 N–H and O–H groups in total. The van der Waals surface area contributed by atoms with E-state index < -0.39 is 24.1 Å². The minimum Gasteiger partial charge on any atom is -0.480 e. The minimum absolute atomic E-state index is 0.0435. The van der Waals surface area contributed by atoms with E-state index in [-0.39, 0.29) is 12.8 Å². The second kappa shape index (κ2) is 5.91. The Morgan fingerprint density at radius 2 is 1.72 bits per heavy atom. The molecule has 1 rings (SSSR count). The number of alkyl halides is 3. The lowest BCUT2D eigenvalue weighted by atomic mass is 9.90. The molecule has 0 aromatic carbocycles. The van der Waals surface area contributed by atoms with Gasteiger partial charge in [-0.05, 0) is 45.7 Å². The van der Waals surface area contributed by atoms with Crippen LogP contribution in [-0.4, -0.2) is 40.8 Å². The van der Waals surface area contributed by atoms with Gasteiger partial charge in [0.1, 0.15) is 5.54 Å². The molecular weight excluding hydrogens is 247 g/mol. The molecule has 106 valence electrons.